The zero-order valence-electron chi connectivity index (χ0n) is 22.4. The molecule has 11 nitrogen and oxygen atoms in total. The minimum absolute atomic E-state index is 0.280. The van der Waals surface area contributed by atoms with E-state index in [0.717, 1.165) is 45.0 Å². The maximum atomic E-state index is 11.7. The minimum atomic E-state index is -3.72. The first kappa shape index (κ1) is 28.4. The molecule has 0 unspecified atom stereocenters. The molecule has 0 saturated carbocycles. The number of sulfonamides is 1. The van der Waals surface area contributed by atoms with E-state index >= 15 is 0 Å². The van der Waals surface area contributed by atoms with Crippen molar-refractivity contribution in [1.29, 1.82) is 0 Å². The van der Waals surface area contributed by atoms with Crippen molar-refractivity contribution in [2.45, 2.75) is 24.6 Å². The van der Waals surface area contributed by atoms with Crippen LogP contribution in [0.3, 0.4) is 0 Å². The number of nitrogens with two attached hydrogens (primary N) is 1. The molecule has 3 heterocycles. The monoisotopic (exact) mass is 586 g/mol. The lowest BCUT2D eigenvalue weighted by Gasteiger charge is -2.41. The Bertz CT molecular complexity index is 1430. The second-order valence-corrected chi connectivity index (χ2v) is 12.0. The summed E-state index contributed by atoms with van der Waals surface area (Å²) in [5.41, 5.74) is 2.86. The molecule has 5 N–H and O–H groups in total. The number of halogens is 1. The lowest BCUT2D eigenvalue weighted by molar-refractivity contribution is 0.153. The van der Waals surface area contributed by atoms with E-state index < -0.39 is 10.0 Å². The van der Waals surface area contributed by atoms with Crippen molar-refractivity contribution in [3.63, 3.8) is 0 Å². The maximum absolute atomic E-state index is 11.7. The second-order valence-electron chi connectivity index (χ2n) is 9.99. The number of ether oxygens (including phenoxy) is 1. The third kappa shape index (κ3) is 7.12. The number of hydrogen-bond donors (Lipinski definition) is 4. The van der Waals surface area contributed by atoms with Gasteiger partial charge in [-0.3, -0.25) is 4.90 Å². The summed E-state index contributed by atoms with van der Waals surface area (Å²) < 4.78 is 29.0. The Morgan fingerprint density at radius 3 is 2.55 bits per heavy atom. The van der Waals surface area contributed by atoms with Crippen molar-refractivity contribution in [1.82, 2.24) is 20.2 Å². The fourth-order valence-corrected chi connectivity index (χ4v) is 6.07. The van der Waals surface area contributed by atoms with E-state index in [4.69, 9.17) is 21.5 Å². The summed E-state index contributed by atoms with van der Waals surface area (Å²) in [5, 5.41) is 15.3. The van der Waals surface area contributed by atoms with Gasteiger partial charge >= 0.3 is 0 Å². The Balaban J connectivity index is 1.28. The standard InChI is InChI=1S/C27H35ClN8O3S/c1-39-25-16-21(36-14-12-35(13-15-36)20-8-10-30-11-9-20)6-7-24(25)33-27-31-17-22(28)26(34-27)32-23-5-3-2-4-19(23)18-40(29,37)38/h2-7,16-17,20,30H,8-15,18H2,1H3,(H2,29,37,38)(H2,31,32,33,34). The third-order valence-corrected chi connectivity index (χ3v) is 8.30. The average molecular weight is 587 g/mol. The fourth-order valence-electron chi connectivity index (χ4n) is 5.24. The molecule has 2 fully saturated rings. The normalized spacial score (nSPS) is 17.0. The second kappa shape index (κ2) is 12.6. The van der Waals surface area contributed by atoms with Gasteiger partial charge in [-0.05, 0) is 49.7 Å². The highest BCUT2D eigenvalue weighted by Gasteiger charge is 2.25. The van der Waals surface area contributed by atoms with Gasteiger partial charge in [0.2, 0.25) is 16.0 Å². The van der Waals surface area contributed by atoms with Crippen LogP contribution in [0, 0.1) is 0 Å². The predicted molar refractivity (Wildman–Crippen MR) is 160 cm³/mol. The van der Waals surface area contributed by atoms with Crippen LogP contribution in [0.2, 0.25) is 5.02 Å². The third-order valence-electron chi connectivity index (χ3n) is 7.31. The van der Waals surface area contributed by atoms with Gasteiger partial charge in [-0.25, -0.2) is 18.5 Å². The number of rotatable bonds is 9. The number of methoxy groups -OCH3 is 1. The molecular weight excluding hydrogens is 552 g/mol. The zero-order valence-corrected chi connectivity index (χ0v) is 24.0. The molecule has 214 valence electrons. The highest BCUT2D eigenvalue weighted by atomic mass is 35.5. The summed E-state index contributed by atoms with van der Waals surface area (Å²) >= 11 is 6.36. The summed E-state index contributed by atoms with van der Waals surface area (Å²) in [5.74, 6) is 0.978. The molecule has 0 bridgehead atoms. The van der Waals surface area contributed by atoms with E-state index in [-0.39, 0.29) is 10.8 Å². The molecule has 0 radical (unpaired) electrons. The molecular formula is C27H35ClN8O3S. The first-order valence-corrected chi connectivity index (χ1v) is 15.4. The molecule has 1 aromatic heterocycles. The van der Waals surface area contributed by atoms with E-state index in [0.29, 0.717) is 40.5 Å². The molecule has 0 amide bonds. The van der Waals surface area contributed by atoms with Crippen LogP contribution in [0.15, 0.2) is 48.7 Å². The summed E-state index contributed by atoms with van der Waals surface area (Å²) in [7, 11) is -2.08. The van der Waals surface area contributed by atoms with Gasteiger partial charge in [0.15, 0.2) is 5.82 Å². The predicted octanol–water partition coefficient (Wildman–Crippen LogP) is 3.29. The Morgan fingerprint density at radius 2 is 1.82 bits per heavy atom. The first-order chi connectivity index (χ1) is 19.3. The summed E-state index contributed by atoms with van der Waals surface area (Å²) in [6.45, 7) is 6.28. The number of piperidine rings is 1. The summed E-state index contributed by atoms with van der Waals surface area (Å²) in [4.78, 5) is 13.8. The van der Waals surface area contributed by atoms with Gasteiger partial charge in [0, 0.05) is 49.7 Å². The van der Waals surface area contributed by atoms with E-state index in [1.165, 1.54) is 19.0 Å². The van der Waals surface area contributed by atoms with Crippen molar-refractivity contribution in [2.75, 3.05) is 61.9 Å². The lowest BCUT2D eigenvalue weighted by atomic mass is 10.0. The van der Waals surface area contributed by atoms with Crippen LogP contribution in [0.4, 0.5) is 28.8 Å². The molecule has 2 aliphatic heterocycles. The fraction of sp³-hybridized carbons (Fsp3) is 0.407. The maximum Gasteiger partial charge on any atom is 0.229 e. The van der Waals surface area contributed by atoms with E-state index in [1.54, 1.807) is 31.4 Å². The number of anilines is 5. The number of nitrogens with one attached hydrogen (secondary N) is 3. The molecule has 13 heteroatoms. The Labute approximate surface area is 240 Å². The van der Waals surface area contributed by atoms with Crippen LogP contribution in [0.25, 0.3) is 0 Å². The number of benzene rings is 2. The van der Waals surface area contributed by atoms with Crippen molar-refractivity contribution in [3.8, 4) is 5.75 Å². The number of nitrogens with zero attached hydrogens (tertiary/aromatic N) is 4. The number of primary sulfonamides is 1. The van der Waals surface area contributed by atoms with Crippen molar-refractivity contribution in [3.05, 3.63) is 59.2 Å². The topological polar surface area (TPSA) is 138 Å². The van der Waals surface area contributed by atoms with Gasteiger partial charge in [0.25, 0.3) is 0 Å². The van der Waals surface area contributed by atoms with Crippen molar-refractivity contribution < 1.29 is 13.2 Å². The number of para-hydroxylation sites is 1. The quantitative estimate of drug-likeness (QED) is 0.295. The van der Waals surface area contributed by atoms with Crippen LogP contribution in [0.5, 0.6) is 5.75 Å². The van der Waals surface area contributed by atoms with Gasteiger partial charge in [-0.15, -0.1) is 0 Å². The first-order valence-electron chi connectivity index (χ1n) is 13.3. The Hall–Kier alpha value is -3.16. The van der Waals surface area contributed by atoms with Gasteiger partial charge in [0.1, 0.15) is 10.8 Å². The molecule has 2 aromatic carbocycles. The average Bonchev–Trinajstić information content (AvgIpc) is 2.96. The molecule has 2 saturated heterocycles. The Morgan fingerprint density at radius 1 is 1.07 bits per heavy atom. The lowest BCUT2D eigenvalue weighted by Crippen LogP contribution is -2.52. The highest BCUT2D eigenvalue weighted by molar-refractivity contribution is 7.88. The van der Waals surface area contributed by atoms with E-state index in [1.807, 2.05) is 12.1 Å². The van der Waals surface area contributed by atoms with Crippen LogP contribution in [-0.2, 0) is 15.8 Å². The Kier molecular flexibility index (Phi) is 8.91. The van der Waals surface area contributed by atoms with Gasteiger partial charge in [-0.2, -0.15) is 4.98 Å². The molecule has 2 aliphatic rings. The minimum Gasteiger partial charge on any atom is -0.494 e. The molecule has 0 atom stereocenters. The number of piperazine rings is 1. The summed E-state index contributed by atoms with van der Waals surface area (Å²) in [6.07, 6.45) is 3.92. The molecule has 0 spiro atoms. The number of hydrogen-bond acceptors (Lipinski definition) is 10. The number of aromatic nitrogens is 2. The van der Waals surface area contributed by atoms with Gasteiger partial charge in [0.05, 0.1) is 24.7 Å². The van der Waals surface area contributed by atoms with Crippen LogP contribution in [0.1, 0.15) is 18.4 Å². The highest BCUT2D eigenvalue weighted by Crippen LogP contribution is 2.33. The largest absolute Gasteiger partial charge is 0.494 e. The molecule has 0 aliphatic carbocycles. The zero-order chi connectivity index (χ0) is 28.1. The van der Waals surface area contributed by atoms with Crippen LogP contribution < -0.4 is 30.7 Å². The van der Waals surface area contributed by atoms with Crippen molar-refractivity contribution in [2.24, 2.45) is 5.14 Å². The van der Waals surface area contributed by atoms with E-state index in [9.17, 15) is 8.42 Å². The molecule has 5 rings (SSSR count). The van der Waals surface area contributed by atoms with Crippen LogP contribution in [-0.4, -0.2) is 75.7 Å². The SMILES string of the molecule is COc1cc(N2CCN(C3CCNCC3)CC2)ccc1Nc1ncc(Cl)c(Nc2ccccc2CS(N)(=O)=O)n1. The van der Waals surface area contributed by atoms with Gasteiger partial charge in [-0.1, -0.05) is 29.8 Å². The van der Waals surface area contributed by atoms with E-state index in [2.05, 4.69) is 41.8 Å². The molecule has 40 heavy (non-hydrogen) atoms. The van der Waals surface area contributed by atoms with Crippen molar-refractivity contribution >= 4 is 50.5 Å². The molecule has 3 aromatic rings. The summed E-state index contributed by atoms with van der Waals surface area (Å²) in [6, 6.07) is 13.7. The smallest absolute Gasteiger partial charge is 0.229 e. The van der Waals surface area contributed by atoms with Crippen LogP contribution >= 0.6 is 11.6 Å². The van der Waals surface area contributed by atoms with Gasteiger partial charge < -0.3 is 25.6 Å².